The lowest BCUT2D eigenvalue weighted by molar-refractivity contribution is -0.276. The largest absolute Gasteiger partial charge is 0.573 e. The van der Waals surface area contributed by atoms with Crippen LogP contribution in [0.5, 0.6) is 11.5 Å². The van der Waals surface area contributed by atoms with Gasteiger partial charge in [-0.15, -0.1) is 13.2 Å². The Kier molecular flexibility index (Phi) is 9.88. The molecule has 12 heteroatoms. The number of ether oxygens (including phenoxy) is 2. The molecule has 4 rings (SSSR count). The predicted octanol–water partition coefficient (Wildman–Crippen LogP) is 11.2. The van der Waals surface area contributed by atoms with Gasteiger partial charge >= 0.3 is 12.5 Å². The van der Waals surface area contributed by atoms with Crippen LogP contribution in [0, 0.1) is 23.3 Å². The summed E-state index contributed by atoms with van der Waals surface area (Å²) in [6.45, 7) is 2.05. The molecular formula is C32H22ClF9O2. The second-order valence-corrected chi connectivity index (χ2v) is 9.91. The van der Waals surface area contributed by atoms with Crippen LogP contribution >= 0.6 is 11.6 Å². The molecule has 2 nitrogen and oxygen atoms in total. The summed E-state index contributed by atoms with van der Waals surface area (Å²) >= 11 is 5.92. The van der Waals surface area contributed by atoms with Crippen LogP contribution in [0.4, 0.5) is 39.5 Å². The number of alkyl halides is 5. The minimum atomic E-state index is -5.47. The second-order valence-electron chi connectivity index (χ2n) is 9.51. The molecule has 232 valence electrons. The van der Waals surface area contributed by atoms with Crippen molar-refractivity contribution in [3.63, 3.8) is 0 Å². The molecular weight excluding hydrogens is 623 g/mol. The molecule has 0 bridgehead atoms. The van der Waals surface area contributed by atoms with Crippen molar-refractivity contribution >= 4 is 11.6 Å². The molecule has 0 radical (unpaired) electrons. The van der Waals surface area contributed by atoms with Crippen molar-refractivity contribution in [2.45, 2.75) is 38.7 Å². The van der Waals surface area contributed by atoms with E-state index in [1.54, 1.807) is 6.07 Å². The zero-order valence-corrected chi connectivity index (χ0v) is 23.5. The average Bonchev–Trinajstić information content (AvgIpc) is 2.92. The molecule has 0 N–H and O–H groups in total. The lowest BCUT2D eigenvalue weighted by Crippen LogP contribution is -2.24. The molecule has 0 atom stereocenters. The molecule has 44 heavy (non-hydrogen) atoms. The van der Waals surface area contributed by atoms with Crippen LogP contribution in [0.3, 0.4) is 0 Å². The van der Waals surface area contributed by atoms with E-state index in [1.807, 2.05) is 31.2 Å². The van der Waals surface area contributed by atoms with Crippen molar-refractivity contribution in [1.29, 1.82) is 0 Å². The van der Waals surface area contributed by atoms with E-state index >= 15 is 4.39 Å². The first-order valence-corrected chi connectivity index (χ1v) is 13.4. The Morgan fingerprint density at radius 1 is 0.682 bits per heavy atom. The third kappa shape index (κ3) is 7.88. The van der Waals surface area contributed by atoms with E-state index in [1.165, 1.54) is 12.1 Å². The van der Waals surface area contributed by atoms with Crippen LogP contribution in [-0.4, -0.2) is 6.36 Å². The van der Waals surface area contributed by atoms with E-state index in [2.05, 4.69) is 21.6 Å². The monoisotopic (exact) mass is 644 g/mol. The number of hydrogen-bond acceptors (Lipinski definition) is 2. The van der Waals surface area contributed by atoms with Crippen LogP contribution in [0.2, 0.25) is 5.02 Å². The second kappa shape index (κ2) is 13.3. The quantitative estimate of drug-likeness (QED) is 0.126. The Morgan fingerprint density at radius 3 is 1.86 bits per heavy atom. The van der Waals surface area contributed by atoms with Crippen molar-refractivity contribution in [2.75, 3.05) is 0 Å². The minimum absolute atomic E-state index is 0.00629. The zero-order valence-electron chi connectivity index (χ0n) is 22.7. The van der Waals surface area contributed by atoms with Gasteiger partial charge in [0, 0.05) is 17.7 Å². The molecule has 0 aliphatic heterocycles. The third-order valence-corrected chi connectivity index (χ3v) is 6.64. The maximum Gasteiger partial charge on any atom is 0.573 e. The smallest absolute Gasteiger partial charge is 0.429 e. The number of hydrogen-bond donors (Lipinski definition) is 0. The lowest BCUT2D eigenvalue weighted by Gasteiger charge is -2.21. The average molecular weight is 645 g/mol. The first-order valence-electron chi connectivity index (χ1n) is 13.0. The molecule has 0 heterocycles. The normalized spacial score (nSPS) is 12.2. The van der Waals surface area contributed by atoms with Crippen LogP contribution in [0.25, 0.3) is 22.3 Å². The number of benzene rings is 4. The lowest BCUT2D eigenvalue weighted by atomic mass is 9.97. The van der Waals surface area contributed by atoms with E-state index in [4.69, 9.17) is 11.6 Å². The molecule has 0 aromatic heterocycles. The zero-order chi connectivity index (χ0) is 32.2. The molecule has 0 unspecified atom stereocenters. The summed E-state index contributed by atoms with van der Waals surface area (Å²) in [5.74, 6) is -9.66. The van der Waals surface area contributed by atoms with Crippen molar-refractivity contribution in [1.82, 2.24) is 0 Å². The standard InChI is InChI=1S/C32H22ClF9O2/c1-2-3-4-5-6-18-7-9-19(10-8-18)20-11-12-23(25(34)14-20)21-13-24(33)29(26(35)15-21)31(38,39)43-22-16-27(36)30(28(37)17-22)44-32(40,41)42/h3-4,7-17H,2,5-6H2,1H3/b4-3+. The van der Waals surface area contributed by atoms with Gasteiger partial charge in [-0.25, -0.2) is 17.6 Å². The van der Waals surface area contributed by atoms with E-state index < -0.39 is 57.8 Å². The van der Waals surface area contributed by atoms with Gasteiger partial charge in [-0.3, -0.25) is 0 Å². The molecule has 0 fully saturated rings. The Balaban J connectivity index is 1.56. The van der Waals surface area contributed by atoms with Gasteiger partial charge in [0.25, 0.3) is 0 Å². The predicted molar refractivity (Wildman–Crippen MR) is 148 cm³/mol. The van der Waals surface area contributed by atoms with Gasteiger partial charge in [0.05, 0.1) is 5.02 Å². The fraction of sp³-hybridized carbons (Fsp3) is 0.188. The van der Waals surface area contributed by atoms with Crippen LogP contribution in [0.15, 0.2) is 78.9 Å². The highest BCUT2D eigenvalue weighted by Crippen LogP contribution is 2.42. The van der Waals surface area contributed by atoms with Gasteiger partial charge in [0.2, 0.25) is 5.75 Å². The van der Waals surface area contributed by atoms with E-state index in [-0.39, 0.29) is 23.3 Å². The van der Waals surface area contributed by atoms with Crippen LogP contribution < -0.4 is 9.47 Å². The highest BCUT2D eigenvalue weighted by atomic mass is 35.5. The third-order valence-electron chi connectivity index (χ3n) is 6.34. The van der Waals surface area contributed by atoms with Gasteiger partial charge in [0.1, 0.15) is 22.9 Å². The number of allylic oxidation sites excluding steroid dienone is 2. The number of rotatable bonds is 10. The molecule has 0 aliphatic rings. The summed E-state index contributed by atoms with van der Waals surface area (Å²) in [5.41, 5.74) is 0.414. The van der Waals surface area contributed by atoms with E-state index in [9.17, 15) is 35.1 Å². The molecule has 0 amide bonds. The highest BCUT2D eigenvalue weighted by molar-refractivity contribution is 6.31. The molecule has 0 aliphatic carbocycles. The number of aryl methyl sites for hydroxylation is 1. The fourth-order valence-corrected chi connectivity index (χ4v) is 4.66. The fourth-order valence-electron chi connectivity index (χ4n) is 4.34. The highest BCUT2D eigenvalue weighted by Gasteiger charge is 2.41. The molecule has 0 saturated carbocycles. The summed E-state index contributed by atoms with van der Waals surface area (Å²) < 4.78 is 132. The first-order chi connectivity index (χ1) is 20.7. The number of halogens is 10. The summed E-state index contributed by atoms with van der Waals surface area (Å²) in [7, 11) is 0. The van der Waals surface area contributed by atoms with E-state index in [0.717, 1.165) is 30.9 Å². The molecule has 4 aromatic carbocycles. The van der Waals surface area contributed by atoms with Crippen molar-refractivity contribution in [2.24, 2.45) is 0 Å². The molecule has 4 aromatic rings. The van der Waals surface area contributed by atoms with Gasteiger partial charge in [-0.1, -0.05) is 67.1 Å². The Bertz CT molecular complexity index is 1620. The Labute approximate surface area is 251 Å². The van der Waals surface area contributed by atoms with Crippen molar-refractivity contribution < 1.29 is 49.0 Å². The first kappa shape index (κ1) is 32.8. The SMILES string of the molecule is CC/C=C/CCc1ccc(-c2ccc(-c3cc(F)c(C(F)(F)Oc4cc(F)c(OC(F)(F)F)c(F)c4)c(Cl)c3)c(F)c2)cc1. The Hall–Kier alpha value is -4.12. The molecule has 0 saturated heterocycles. The summed E-state index contributed by atoms with van der Waals surface area (Å²) in [5, 5.41) is -0.921. The summed E-state index contributed by atoms with van der Waals surface area (Å²) in [4.78, 5) is 0. The maximum absolute atomic E-state index is 15.1. The van der Waals surface area contributed by atoms with E-state index in [0.29, 0.717) is 17.2 Å². The van der Waals surface area contributed by atoms with Gasteiger partial charge in [0.15, 0.2) is 11.6 Å². The summed E-state index contributed by atoms with van der Waals surface area (Å²) in [6.07, 6.45) is -3.27. The van der Waals surface area contributed by atoms with Gasteiger partial charge < -0.3 is 9.47 Å². The van der Waals surface area contributed by atoms with Crippen LogP contribution in [-0.2, 0) is 12.5 Å². The minimum Gasteiger partial charge on any atom is -0.429 e. The topological polar surface area (TPSA) is 18.5 Å². The molecule has 0 spiro atoms. The maximum atomic E-state index is 15.1. The van der Waals surface area contributed by atoms with Crippen molar-refractivity contribution in [3.8, 4) is 33.8 Å². The van der Waals surface area contributed by atoms with Gasteiger partial charge in [-0.2, -0.15) is 8.78 Å². The van der Waals surface area contributed by atoms with Gasteiger partial charge in [-0.05, 0) is 59.7 Å². The van der Waals surface area contributed by atoms with Crippen LogP contribution in [0.1, 0.15) is 30.9 Å². The Morgan fingerprint density at radius 2 is 1.30 bits per heavy atom. The van der Waals surface area contributed by atoms with Crippen molar-refractivity contribution in [3.05, 3.63) is 118 Å². The summed E-state index contributed by atoms with van der Waals surface area (Å²) in [6, 6.07) is 13.0.